The largest absolute Gasteiger partial charge is 0.397 e. The molecule has 0 unspecified atom stereocenters. The van der Waals surface area contributed by atoms with Crippen LogP contribution in [0.1, 0.15) is 36.3 Å². The molecule has 2 aliphatic heterocycles. The number of likely N-dealkylation sites (tertiary alicyclic amines) is 1. The maximum atomic E-state index is 9.45. The fourth-order valence-corrected chi connectivity index (χ4v) is 6.13. The van der Waals surface area contributed by atoms with Crippen LogP contribution in [-0.2, 0) is 6.54 Å². The number of rotatable bonds is 9. The van der Waals surface area contributed by atoms with Crippen molar-refractivity contribution >= 4 is 34.2 Å². The van der Waals surface area contributed by atoms with Gasteiger partial charge in [0.2, 0.25) is 0 Å². The second kappa shape index (κ2) is 12.1. The fourth-order valence-electron chi connectivity index (χ4n) is 5.20. The van der Waals surface area contributed by atoms with Gasteiger partial charge in [0.15, 0.2) is 5.82 Å². The van der Waals surface area contributed by atoms with E-state index in [4.69, 9.17) is 16.5 Å². The smallest absolute Gasteiger partial charge is 0.154 e. The number of hydrogen-bond donors (Lipinski definition) is 4. The second-order valence-electron chi connectivity index (χ2n) is 10.4. The first-order valence-corrected chi connectivity index (χ1v) is 14.2. The van der Waals surface area contributed by atoms with E-state index in [0.29, 0.717) is 23.2 Å². The molecule has 0 atom stereocenters. The van der Waals surface area contributed by atoms with Gasteiger partial charge in [0, 0.05) is 50.1 Å². The SMILES string of the molecule is C=C(NCC1CCN(Cc2cnc(-c3ccccn3)s2)CC1)c1cc(N)c(N)c(N2CCC(CO)CC2)n1. The molecule has 0 amide bonds. The number of aromatic nitrogens is 3. The van der Waals surface area contributed by atoms with Gasteiger partial charge in [-0.05, 0) is 68.8 Å². The highest BCUT2D eigenvalue weighted by Crippen LogP contribution is 2.32. The van der Waals surface area contributed by atoms with Gasteiger partial charge in [-0.3, -0.25) is 9.88 Å². The summed E-state index contributed by atoms with van der Waals surface area (Å²) in [7, 11) is 0. The number of aliphatic hydroxyl groups excluding tert-OH is 1. The van der Waals surface area contributed by atoms with E-state index in [9.17, 15) is 5.11 Å². The summed E-state index contributed by atoms with van der Waals surface area (Å²) >= 11 is 1.73. The Hall–Kier alpha value is -3.21. The number of nitrogens with zero attached hydrogens (tertiary/aromatic N) is 5. The van der Waals surface area contributed by atoms with E-state index >= 15 is 0 Å². The molecule has 0 spiro atoms. The van der Waals surface area contributed by atoms with Crippen molar-refractivity contribution in [3.8, 4) is 10.7 Å². The summed E-state index contributed by atoms with van der Waals surface area (Å²) in [4.78, 5) is 19.8. The Balaban J connectivity index is 1.10. The third kappa shape index (κ3) is 6.25. The van der Waals surface area contributed by atoms with E-state index in [1.54, 1.807) is 11.3 Å². The Morgan fingerprint density at radius 1 is 1.08 bits per heavy atom. The summed E-state index contributed by atoms with van der Waals surface area (Å²) < 4.78 is 0. The lowest BCUT2D eigenvalue weighted by Gasteiger charge is -2.33. The molecule has 0 radical (unpaired) electrons. The molecular formula is C28H38N8OS. The topological polar surface area (TPSA) is 129 Å². The van der Waals surface area contributed by atoms with Gasteiger partial charge < -0.3 is 26.8 Å². The summed E-state index contributed by atoms with van der Waals surface area (Å²) in [6.45, 7) is 10.0. The zero-order valence-corrected chi connectivity index (χ0v) is 22.7. The van der Waals surface area contributed by atoms with Crippen LogP contribution >= 0.6 is 11.3 Å². The van der Waals surface area contributed by atoms with Gasteiger partial charge >= 0.3 is 0 Å². The van der Waals surface area contributed by atoms with Gasteiger partial charge in [-0.1, -0.05) is 12.6 Å². The van der Waals surface area contributed by atoms with Crippen molar-refractivity contribution in [3.63, 3.8) is 0 Å². The average molecular weight is 535 g/mol. The number of anilines is 3. The number of nitrogens with one attached hydrogen (secondary N) is 1. The lowest BCUT2D eigenvalue weighted by Crippen LogP contribution is -2.37. The number of thiazole rings is 1. The normalized spacial score (nSPS) is 17.6. The van der Waals surface area contributed by atoms with Crippen LogP contribution in [0.25, 0.3) is 16.4 Å². The molecule has 0 bridgehead atoms. The van der Waals surface area contributed by atoms with E-state index in [-0.39, 0.29) is 6.61 Å². The molecule has 9 nitrogen and oxygen atoms in total. The van der Waals surface area contributed by atoms with Crippen LogP contribution in [-0.4, -0.2) is 64.3 Å². The predicted molar refractivity (Wildman–Crippen MR) is 155 cm³/mol. The van der Waals surface area contributed by atoms with E-state index < -0.39 is 0 Å². The van der Waals surface area contributed by atoms with Crippen molar-refractivity contribution in [2.24, 2.45) is 11.8 Å². The molecule has 5 rings (SSSR count). The lowest BCUT2D eigenvalue weighted by atomic mass is 9.96. The number of hydrogen-bond acceptors (Lipinski definition) is 10. The minimum absolute atomic E-state index is 0.233. The van der Waals surface area contributed by atoms with E-state index in [0.717, 1.165) is 92.9 Å². The standard InChI is InChI=1S/C28H38N8OS/c1-19(25-14-23(29)26(30)27(34-25)36-12-7-21(18-37)8-13-36)32-15-20-5-10-35(11-6-20)17-22-16-33-28(38-22)24-4-2-3-9-31-24/h2-4,9,14,16,20-21,32,37H,1,5-8,10-13,15,17-18,30H2,(H2,29,34). The number of pyridine rings is 2. The molecule has 6 N–H and O–H groups in total. The molecule has 2 aliphatic rings. The molecule has 0 saturated carbocycles. The third-order valence-electron chi connectivity index (χ3n) is 7.68. The highest BCUT2D eigenvalue weighted by Gasteiger charge is 2.24. The van der Waals surface area contributed by atoms with Gasteiger partial charge in [-0.15, -0.1) is 11.3 Å². The molecule has 38 heavy (non-hydrogen) atoms. The predicted octanol–water partition coefficient (Wildman–Crippen LogP) is 3.45. The number of aliphatic hydroxyl groups is 1. The second-order valence-corrected chi connectivity index (χ2v) is 11.5. The van der Waals surface area contributed by atoms with Crippen molar-refractivity contribution in [1.29, 1.82) is 0 Å². The van der Waals surface area contributed by atoms with Crippen LogP contribution in [0.15, 0.2) is 43.2 Å². The highest BCUT2D eigenvalue weighted by atomic mass is 32.1. The minimum Gasteiger partial charge on any atom is -0.397 e. The Labute approximate surface area is 228 Å². The number of nitrogens with two attached hydrogens (primary N) is 2. The number of piperidine rings is 2. The van der Waals surface area contributed by atoms with Gasteiger partial charge in [-0.2, -0.15) is 0 Å². The average Bonchev–Trinajstić information content (AvgIpc) is 3.43. The first-order chi connectivity index (χ1) is 18.5. The summed E-state index contributed by atoms with van der Waals surface area (Å²) in [6.07, 6.45) is 7.91. The van der Waals surface area contributed by atoms with Crippen molar-refractivity contribution in [3.05, 3.63) is 53.8 Å². The van der Waals surface area contributed by atoms with E-state index in [2.05, 4.69) is 31.7 Å². The molecular weight excluding hydrogens is 496 g/mol. The molecule has 2 saturated heterocycles. The quantitative estimate of drug-likeness (QED) is 0.326. The maximum absolute atomic E-state index is 9.45. The summed E-state index contributed by atoms with van der Waals surface area (Å²) in [5.41, 5.74) is 16.1. The molecule has 5 heterocycles. The number of nitrogen functional groups attached to an aromatic ring is 2. The lowest BCUT2D eigenvalue weighted by molar-refractivity contribution is 0.179. The molecule has 0 aromatic carbocycles. The Morgan fingerprint density at radius 2 is 1.84 bits per heavy atom. The molecule has 10 heteroatoms. The van der Waals surface area contributed by atoms with Gasteiger partial charge in [0.1, 0.15) is 5.01 Å². The molecule has 3 aromatic rings. The molecule has 202 valence electrons. The van der Waals surface area contributed by atoms with Crippen LogP contribution in [0.2, 0.25) is 0 Å². The third-order valence-corrected chi connectivity index (χ3v) is 8.68. The minimum atomic E-state index is 0.233. The van der Waals surface area contributed by atoms with Crippen LogP contribution in [0.3, 0.4) is 0 Å². The van der Waals surface area contributed by atoms with Crippen molar-refractivity contribution < 1.29 is 5.11 Å². The monoisotopic (exact) mass is 534 g/mol. The van der Waals surface area contributed by atoms with Crippen molar-refractivity contribution in [2.75, 3.05) is 55.7 Å². The molecule has 2 fully saturated rings. The summed E-state index contributed by atoms with van der Waals surface area (Å²) in [5, 5.41) is 13.9. The summed E-state index contributed by atoms with van der Waals surface area (Å²) in [5.74, 6) is 1.65. The zero-order valence-electron chi connectivity index (χ0n) is 21.9. The van der Waals surface area contributed by atoms with Crippen LogP contribution in [0.4, 0.5) is 17.2 Å². The maximum Gasteiger partial charge on any atom is 0.154 e. The van der Waals surface area contributed by atoms with Gasteiger partial charge in [0.25, 0.3) is 0 Å². The van der Waals surface area contributed by atoms with Gasteiger partial charge in [0.05, 0.1) is 28.5 Å². The molecule has 3 aromatic heterocycles. The Kier molecular flexibility index (Phi) is 8.41. The van der Waals surface area contributed by atoms with Crippen LogP contribution in [0, 0.1) is 11.8 Å². The van der Waals surface area contributed by atoms with E-state index in [1.807, 2.05) is 36.7 Å². The first kappa shape index (κ1) is 26.4. The fraction of sp³-hybridized carbons (Fsp3) is 0.464. The van der Waals surface area contributed by atoms with Crippen molar-refractivity contribution in [2.45, 2.75) is 32.2 Å². The van der Waals surface area contributed by atoms with Crippen LogP contribution < -0.4 is 21.7 Å². The van der Waals surface area contributed by atoms with Crippen molar-refractivity contribution in [1.82, 2.24) is 25.2 Å². The van der Waals surface area contributed by atoms with Crippen LogP contribution in [0.5, 0.6) is 0 Å². The first-order valence-electron chi connectivity index (χ1n) is 13.4. The Bertz CT molecular complexity index is 1220. The highest BCUT2D eigenvalue weighted by molar-refractivity contribution is 7.14. The summed E-state index contributed by atoms with van der Waals surface area (Å²) in [6, 6.07) is 7.74. The molecule has 0 aliphatic carbocycles. The van der Waals surface area contributed by atoms with E-state index in [1.165, 1.54) is 4.88 Å². The zero-order chi connectivity index (χ0) is 26.5. The van der Waals surface area contributed by atoms with Gasteiger partial charge in [-0.25, -0.2) is 9.97 Å². The Morgan fingerprint density at radius 3 is 2.55 bits per heavy atom.